The second kappa shape index (κ2) is 6.72. The predicted molar refractivity (Wildman–Crippen MR) is 67.5 cm³/mol. The van der Waals surface area contributed by atoms with E-state index in [1.807, 2.05) is 0 Å². The van der Waals surface area contributed by atoms with Crippen molar-refractivity contribution >= 4 is 12.0 Å². The van der Waals surface area contributed by atoms with Crippen LogP contribution in [0.25, 0.3) is 0 Å². The summed E-state index contributed by atoms with van der Waals surface area (Å²) in [4.78, 5) is 30.6. The number of hydrogen-bond acceptors (Lipinski definition) is 4. The molecule has 0 radical (unpaired) electrons. The van der Waals surface area contributed by atoms with Crippen molar-refractivity contribution in [2.75, 3.05) is 32.8 Å². The highest BCUT2D eigenvalue weighted by Crippen LogP contribution is 2.24. The standard InChI is InChI=1S/C12H21N3O4/c16-11(17)9-19-13-12(18)15-7-5-14(6-8-15)10-3-1-2-4-10/h10H,1-9H2,(H,13,18)(H,16,17). The lowest BCUT2D eigenvalue weighted by Gasteiger charge is -2.37. The number of carboxylic acids is 1. The molecule has 1 aliphatic heterocycles. The van der Waals surface area contributed by atoms with E-state index in [0.29, 0.717) is 19.1 Å². The second-order valence-electron chi connectivity index (χ2n) is 5.05. The predicted octanol–water partition coefficient (Wildman–Crippen LogP) is 0.272. The van der Waals surface area contributed by atoms with Gasteiger partial charge in [0.2, 0.25) is 0 Å². The van der Waals surface area contributed by atoms with Gasteiger partial charge in [-0.3, -0.25) is 9.74 Å². The van der Waals surface area contributed by atoms with Crippen molar-refractivity contribution in [3.8, 4) is 0 Å². The second-order valence-corrected chi connectivity index (χ2v) is 5.05. The number of aliphatic carboxylic acids is 1. The van der Waals surface area contributed by atoms with Crippen LogP contribution in [0.5, 0.6) is 0 Å². The van der Waals surface area contributed by atoms with Crippen molar-refractivity contribution in [3.05, 3.63) is 0 Å². The summed E-state index contributed by atoms with van der Waals surface area (Å²) in [5, 5.41) is 8.40. The molecule has 2 aliphatic rings. The van der Waals surface area contributed by atoms with Gasteiger partial charge in [0.25, 0.3) is 0 Å². The first-order valence-corrected chi connectivity index (χ1v) is 6.79. The smallest absolute Gasteiger partial charge is 0.341 e. The van der Waals surface area contributed by atoms with Crippen molar-refractivity contribution < 1.29 is 19.5 Å². The van der Waals surface area contributed by atoms with E-state index in [-0.39, 0.29) is 6.03 Å². The summed E-state index contributed by atoms with van der Waals surface area (Å²) in [5.74, 6) is -1.11. The van der Waals surface area contributed by atoms with Crippen LogP contribution in [0.3, 0.4) is 0 Å². The maximum atomic E-state index is 11.7. The minimum atomic E-state index is -1.11. The zero-order chi connectivity index (χ0) is 13.7. The Kier molecular flexibility index (Phi) is 4.98. The molecule has 1 saturated heterocycles. The lowest BCUT2D eigenvalue weighted by molar-refractivity contribution is -0.144. The average molecular weight is 271 g/mol. The zero-order valence-electron chi connectivity index (χ0n) is 11.0. The van der Waals surface area contributed by atoms with Gasteiger partial charge in [-0.25, -0.2) is 15.1 Å². The van der Waals surface area contributed by atoms with Gasteiger partial charge in [-0.05, 0) is 12.8 Å². The molecule has 0 bridgehead atoms. The van der Waals surface area contributed by atoms with Crippen LogP contribution in [0.1, 0.15) is 25.7 Å². The molecule has 19 heavy (non-hydrogen) atoms. The summed E-state index contributed by atoms with van der Waals surface area (Å²) in [6.45, 7) is 2.58. The minimum Gasteiger partial charge on any atom is -0.479 e. The van der Waals surface area contributed by atoms with Crippen molar-refractivity contribution in [2.45, 2.75) is 31.7 Å². The summed E-state index contributed by atoms with van der Waals surface area (Å²) in [5.41, 5.74) is 2.16. The van der Waals surface area contributed by atoms with Crippen molar-refractivity contribution in [2.24, 2.45) is 0 Å². The maximum Gasteiger partial charge on any atom is 0.341 e. The van der Waals surface area contributed by atoms with Gasteiger partial charge in [0.15, 0.2) is 6.61 Å². The van der Waals surface area contributed by atoms with E-state index in [9.17, 15) is 9.59 Å². The van der Waals surface area contributed by atoms with E-state index < -0.39 is 12.6 Å². The third-order valence-electron chi connectivity index (χ3n) is 3.80. The fourth-order valence-electron chi connectivity index (χ4n) is 2.78. The van der Waals surface area contributed by atoms with Gasteiger partial charge >= 0.3 is 12.0 Å². The topological polar surface area (TPSA) is 82.1 Å². The van der Waals surface area contributed by atoms with Crippen LogP contribution in [-0.2, 0) is 9.63 Å². The summed E-state index contributed by atoms with van der Waals surface area (Å²) in [6, 6.07) is 0.334. The lowest BCUT2D eigenvalue weighted by Crippen LogP contribution is -2.53. The first-order valence-electron chi connectivity index (χ1n) is 6.79. The van der Waals surface area contributed by atoms with E-state index in [1.165, 1.54) is 25.7 Å². The van der Waals surface area contributed by atoms with Gasteiger partial charge in [0.05, 0.1) is 0 Å². The van der Waals surface area contributed by atoms with E-state index in [2.05, 4.69) is 15.2 Å². The Balaban J connectivity index is 1.67. The molecule has 2 amide bonds. The number of urea groups is 1. The number of carbonyl (C=O) groups excluding carboxylic acids is 1. The van der Waals surface area contributed by atoms with Gasteiger partial charge in [0, 0.05) is 32.2 Å². The molecule has 0 unspecified atom stereocenters. The molecule has 7 nitrogen and oxygen atoms in total. The SMILES string of the molecule is O=C(O)CONC(=O)N1CCN(C2CCCC2)CC1. The Bertz CT molecular complexity index is 323. The third-order valence-corrected chi connectivity index (χ3v) is 3.80. The van der Waals surface area contributed by atoms with Gasteiger partial charge in [-0.15, -0.1) is 0 Å². The van der Waals surface area contributed by atoms with E-state index in [1.54, 1.807) is 4.90 Å². The molecule has 0 atom stereocenters. The monoisotopic (exact) mass is 271 g/mol. The molecule has 7 heteroatoms. The van der Waals surface area contributed by atoms with Crippen molar-refractivity contribution in [1.82, 2.24) is 15.3 Å². The Morgan fingerprint density at radius 1 is 1.16 bits per heavy atom. The molecule has 0 aromatic carbocycles. The highest BCUT2D eigenvalue weighted by molar-refractivity contribution is 5.73. The molecule has 0 spiro atoms. The number of carbonyl (C=O) groups is 2. The Morgan fingerprint density at radius 2 is 1.79 bits per heavy atom. The summed E-state index contributed by atoms with van der Waals surface area (Å²) in [7, 11) is 0. The molecular weight excluding hydrogens is 250 g/mol. The number of hydrogen-bond donors (Lipinski definition) is 2. The number of piperazine rings is 1. The molecule has 1 heterocycles. The highest BCUT2D eigenvalue weighted by atomic mass is 16.7. The fourth-order valence-corrected chi connectivity index (χ4v) is 2.78. The molecule has 2 rings (SSSR count). The molecule has 2 fully saturated rings. The number of amides is 2. The molecule has 0 aromatic rings. The number of carboxylic acid groups (broad SMARTS) is 1. The van der Waals surface area contributed by atoms with E-state index in [0.717, 1.165) is 13.1 Å². The molecule has 2 N–H and O–H groups in total. The lowest BCUT2D eigenvalue weighted by atomic mass is 10.2. The van der Waals surface area contributed by atoms with Crippen LogP contribution in [0.15, 0.2) is 0 Å². The Morgan fingerprint density at radius 3 is 2.37 bits per heavy atom. The fraction of sp³-hybridized carbons (Fsp3) is 0.833. The average Bonchev–Trinajstić information content (AvgIpc) is 2.92. The Hall–Kier alpha value is -1.34. The van der Waals surface area contributed by atoms with Crippen LogP contribution in [0.4, 0.5) is 4.79 Å². The normalized spacial score (nSPS) is 21.6. The van der Waals surface area contributed by atoms with Crippen LogP contribution in [0, 0.1) is 0 Å². The quantitative estimate of drug-likeness (QED) is 0.717. The van der Waals surface area contributed by atoms with Gasteiger partial charge in [-0.1, -0.05) is 12.8 Å². The molecule has 1 saturated carbocycles. The first-order chi connectivity index (χ1) is 9.16. The van der Waals surface area contributed by atoms with Gasteiger partial charge in [0.1, 0.15) is 0 Å². The van der Waals surface area contributed by atoms with Crippen molar-refractivity contribution in [1.29, 1.82) is 0 Å². The molecule has 1 aliphatic carbocycles. The van der Waals surface area contributed by atoms with Gasteiger partial charge in [-0.2, -0.15) is 0 Å². The number of hydroxylamine groups is 1. The summed E-state index contributed by atoms with van der Waals surface area (Å²) >= 11 is 0. The largest absolute Gasteiger partial charge is 0.479 e. The third kappa shape index (κ3) is 4.07. The summed E-state index contributed by atoms with van der Waals surface area (Å²) in [6.07, 6.45) is 5.17. The Labute approximate surface area is 112 Å². The summed E-state index contributed by atoms with van der Waals surface area (Å²) < 4.78 is 0. The zero-order valence-corrected chi connectivity index (χ0v) is 11.0. The molecule has 0 aromatic heterocycles. The van der Waals surface area contributed by atoms with Crippen LogP contribution < -0.4 is 5.48 Å². The molecule has 108 valence electrons. The van der Waals surface area contributed by atoms with Gasteiger partial charge < -0.3 is 10.0 Å². The highest BCUT2D eigenvalue weighted by Gasteiger charge is 2.27. The molecular formula is C12H21N3O4. The van der Waals surface area contributed by atoms with E-state index in [4.69, 9.17) is 5.11 Å². The minimum absolute atomic E-state index is 0.354. The first kappa shape index (κ1) is 14.1. The number of rotatable bonds is 4. The van der Waals surface area contributed by atoms with Crippen molar-refractivity contribution in [3.63, 3.8) is 0 Å². The number of nitrogens with one attached hydrogen (secondary N) is 1. The van der Waals surface area contributed by atoms with Crippen LogP contribution in [0.2, 0.25) is 0 Å². The number of nitrogens with zero attached hydrogens (tertiary/aromatic N) is 2. The van der Waals surface area contributed by atoms with Crippen LogP contribution >= 0.6 is 0 Å². The van der Waals surface area contributed by atoms with E-state index >= 15 is 0 Å². The van der Waals surface area contributed by atoms with Crippen LogP contribution in [-0.4, -0.2) is 65.7 Å². The maximum absolute atomic E-state index is 11.7.